The van der Waals surface area contributed by atoms with Gasteiger partial charge in [0.15, 0.2) is 10.9 Å². The molecule has 0 aliphatic rings. The van der Waals surface area contributed by atoms with Gasteiger partial charge in [-0.3, -0.25) is 9.59 Å². The zero-order valence-electron chi connectivity index (χ0n) is 15.9. The summed E-state index contributed by atoms with van der Waals surface area (Å²) in [7, 11) is 0. The van der Waals surface area contributed by atoms with E-state index in [0.29, 0.717) is 21.5 Å². The van der Waals surface area contributed by atoms with E-state index in [2.05, 4.69) is 24.3 Å². The van der Waals surface area contributed by atoms with E-state index in [1.54, 1.807) is 0 Å². The molecule has 0 atom stereocenters. The van der Waals surface area contributed by atoms with Crippen LogP contribution in [0.4, 0.5) is 0 Å². The van der Waals surface area contributed by atoms with Gasteiger partial charge in [-0.2, -0.15) is 0 Å². The van der Waals surface area contributed by atoms with E-state index in [9.17, 15) is 9.59 Å². The molecule has 0 spiro atoms. The van der Waals surface area contributed by atoms with E-state index in [0.717, 1.165) is 32.3 Å². The molecule has 2 heteroatoms. The summed E-state index contributed by atoms with van der Waals surface area (Å²) in [5.74, 6) is 0. The first kappa shape index (κ1) is 15.8. The Bertz CT molecular complexity index is 1930. The van der Waals surface area contributed by atoms with Crippen LogP contribution in [-0.2, 0) is 0 Å². The van der Waals surface area contributed by atoms with Crippen LogP contribution in [0.5, 0.6) is 0 Å². The number of rotatable bonds is 0. The van der Waals surface area contributed by atoms with E-state index in [1.165, 1.54) is 10.8 Å². The van der Waals surface area contributed by atoms with Crippen molar-refractivity contribution in [3.8, 4) is 0 Å². The van der Waals surface area contributed by atoms with Crippen LogP contribution in [-0.4, -0.2) is 0 Å². The molecular weight excluding hydrogens is 368 g/mol. The Morgan fingerprint density at radius 3 is 1.70 bits per heavy atom. The molecule has 138 valence electrons. The van der Waals surface area contributed by atoms with Crippen LogP contribution in [0.2, 0.25) is 0 Å². The molecule has 0 fully saturated rings. The average molecular weight is 382 g/mol. The molecule has 7 aromatic carbocycles. The van der Waals surface area contributed by atoms with Crippen molar-refractivity contribution in [2.75, 3.05) is 0 Å². The summed E-state index contributed by atoms with van der Waals surface area (Å²) in [6.45, 7) is 0. The van der Waals surface area contributed by atoms with Crippen LogP contribution < -0.4 is 10.9 Å². The second kappa shape index (κ2) is 5.31. The topological polar surface area (TPSA) is 34.1 Å². The highest BCUT2D eigenvalue weighted by molar-refractivity contribution is 6.32. The second-order valence-corrected chi connectivity index (χ2v) is 7.98. The highest BCUT2D eigenvalue weighted by Crippen LogP contribution is 2.38. The molecule has 0 saturated carbocycles. The van der Waals surface area contributed by atoms with Gasteiger partial charge in [0.1, 0.15) is 0 Å². The number of benzene rings is 5. The second-order valence-electron chi connectivity index (χ2n) is 7.98. The normalized spacial score (nSPS) is 12.3. The SMILES string of the molecule is O=c1c2ccccc2c2ccc3c(c(=O)c4ccc5c6ccccc6ccc5c43)c12. The van der Waals surface area contributed by atoms with Gasteiger partial charge in [-0.15, -0.1) is 0 Å². The van der Waals surface area contributed by atoms with Crippen molar-refractivity contribution in [3.63, 3.8) is 0 Å². The average Bonchev–Trinajstić information content (AvgIpc) is 3.26. The van der Waals surface area contributed by atoms with E-state index in [-0.39, 0.29) is 10.9 Å². The van der Waals surface area contributed by atoms with E-state index in [4.69, 9.17) is 0 Å². The molecule has 0 aromatic heterocycles. The highest BCUT2D eigenvalue weighted by atomic mass is 16.1. The first-order chi connectivity index (χ1) is 14.7. The molecule has 0 amide bonds. The molecule has 0 radical (unpaired) electrons. The van der Waals surface area contributed by atoms with Gasteiger partial charge in [-0.05, 0) is 43.8 Å². The van der Waals surface area contributed by atoms with Gasteiger partial charge in [-0.1, -0.05) is 78.9 Å². The van der Waals surface area contributed by atoms with Gasteiger partial charge in [0, 0.05) is 26.9 Å². The van der Waals surface area contributed by atoms with Crippen molar-refractivity contribution in [1.29, 1.82) is 0 Å². The van der Waals surface area contributed by atoms with Gasteiger partial charge in [0.2, 0.25) is 0 Å². The fraction of sp³-hybridized carbons (Fsp3) is 0. The molecule has 0 aliphatic carbocycles. The molecule has 0 N–H and O–H groups in total. The fourth-order valence-electron chi connectivity index (χ4n) is 5.26. The third-order valence-corrected chi connectivity index (χ3v) is 6.56. The summed E-state index contributed by atoms with van der Waals surface area (Å²) in [4.78, 5) is 26.7. The number of fused-ring (bicyclic) bond motifs is 11. The van der Waals surface area contributed by atoms with Gasteiger partial charge in [0.05, 0.1) is 0 Å². The monoisotopic (exact) mass is 382 g/mol. The van der Waals surface area contributed by atoms with Crippen molar-refractivity contribution in [2.24, 2.45) is 0 Å². The van der Waals surface area contributed by atoms with Gasteiger partial charge in [-0.25, -0.2) is 0 Å². The third-order valence-electron chi connectivity index (χ3n) is 6.56. The van der Waals surface area contributed by atoms with E-state index < -0.39 is 0 Å². The van der Waals surface area contributed by atoms with Crippen molar-refractivity contribution < 1.29 is 0 Å². The maximum absolute atomic E-state index is 13.5. The highest BCUT2D eigenvalue weighted by Gasteiger charge is 2.20. The van der Waals surface area contributed by atoms with Crippen LogP contribution in [0.3, 0.4) is 0 Å². The third kappa shape index (κ3) is 1.75. The minimum absolute atomic E-state index is 0.0478. The largest absolute Gasteiger partial charge is 0.289 e. The molecule has 0 aliphatic heterocycles. The van der Waals surface area contributed by atoms with Crippen molar-refractivity contribution >= 4 is 64.6 Å². The Kier molecular flexibility index (Phi) is 2.80. The zero-order valence-corrected chi connectivity index (χ0v) is 15.9. The van der Waals surface area contributed by atoms with Gasteiger partial charge < -0.3 is 0 Å². The molecule has 7 rings (SSSR count). The minimum Gasteiger partial charge on any atom is -0.289 e. The summed E-state index contributed by atoms with van der Waals surface area (Å²) in [5.41, 5.74) is -0.0959. The molecule has 7 aromatic rings. The Morgan fingerprint density at radius 1 is 0.333 bits per heavy atom. The van der Waals surface area contributed by atoms with Crippen LogP contribution in [0.25, 0.3) is 64.6 Å². The molecule has 0 unspecified atom stereocenters. The number of hydrogen-bond donors (Lipinski definition) is 0. The molecular formula is C28H14O2. The lowest BCUT2D eigenvalue weighted by molar-refractivity contribution is 1.79. The lowest BCUT2D eigenvalue weighted by Crippen LogP contribution is -2.00. The smallest absolute Gasteiger partial charge is 0.195 e. The maximum Gasteiger partial charge on any atom is 0.195 e. The molecule has 0 saturated heterocycles. The quantitative estimate of drug-likeness (QED) is 0.293. The predicted octanol–water partition coefficient (Wildman–Crippen LogP) is 6.20. The standard InChI is InChI=1S/C28H14O2/c29-27-21-8-4-3-7-17(21)20-12-13-22-24-19-10-9-15-5-1-2-6-16(15)18(19)11-14-23(24)28(30)26(22)25(20)27/h1-14H. The summed E-state index contributed by atoms with van der Waals surface area (Å²) in [5, 5.41) is 10.6. The molecule has 0 bridgehead atoms. The molecule has 0 heterocycles. The van der Waals surface area contributed by atoms with Crippen molar-refractivity contribution in [1.82, 2.24) is 0 Å². The maximum atomic E-state index is 13.5. The molecule has 2 nitrogen and oxygen atoms in total. The van der Waals surface area contributed by atoms with Crippen LogP contribution in [0.1, 0.15) is 0 Å². The summed E-state index contributed by atoms with van der Waals surface area (Å²) < 4.78 is 0. The Balaban J connectivity index is 1.80. The van der Waals surface area contributed by atoms with Gasteiger partial charge >= 0.3 is 0 Å². The Hall–Kier alpha value is -4.04. The first-order valence-electron chi connectivity index (χ1n) is 10.0. The summed E-state index contributed by atoms with van der Waals surface area (Å²) in [6.07, 6.45) is 0. The van der Waals surface area contributed by atoms with Crippen molar-refractivity contribution in [2.45, 2.75) is 0 Å². The molecule has 30 heavy (non-hydrogen) atoms. The van der Waals surface area contributed by atoms with Crippen molar-refractivity contribution in [3.05, 3.63) is 105 Å². The minimum atomic E-state index is -0.0481. The van der Waals surface area contributed by atoms with Crippen LogP contribution in [0.15, 0.2) is 94.5 Å². The predicted molar refractivity (Wildman–Crippen MR) is 126 cm³/mol. The van der Waals surface area contributed by atoms with Crippen LogP contribution >= 0.6 is 0 Å². The van der Waals surface area contributed by atoms with Crippen LogP contribution in [0, 0.1) is 0 Å². The summed E-state index contributed by atoms with van der Waals surface area (Å²) in [6, 6.07) is 28.1. The van der Waals surface area contributed by atoms with E-state index in [1.807, 2.05) is 60.7 Å². The van der Waals surface area contributed by atoms with Gasteiger partial charge in [0.25, 0.3) is 0 Å². The lowest BCUT2D eigenvalue weighted by atomic mass is 9.98. The lowest BCUT2D eigenvalue weighted by Gasteiger charge is -2.05. The first-order valence-corrected chi connectivity index (χ1v) is 10.0. The Morgan fingerprint density at radius 2 is 0.833 bits per heavy atom. The fourth-order valence-corrected chi connectivity index (χ4v) is 5.26. The Labute approximate surface area is 170 Å². The van der Waals surface area contributed by atoms with E-state index >= 15 is 0 Å². The summed E-state index contributed by atoms with van der Waals surface area (Å²) >= 11 is 0. The zero-order chi connectivity index (χ0) is 20.0. The number of hydrogen-bond acceptors (Lipinski definition) is 2.